The van der Waals surface area contributed by atoms with Crippen molar-refractivity contribution >= 4 is 0 Å². The Morgan fingerprint density at radius 3 is 2.81 bits per heavy atom. The molecular weight excluding hydrogens is 198 g/mol. The molecule has 0 fully saturated rings. The second-order valence-electron chi connectivity index (χ2n) is 5.19. The van der Waals surface area contributed by atoms with Crippen molar-refractivity contribution in [3.05, 3.63) is 29.3 Å². The van der Waals surface area contributed by atoms with Crippen LogP contribution in [0.3, 0.4) is 0 Å². The Labute approximate surface area is 97.8 Å². The van der Waals surface area contributed by atoms with E-state index in [9.17, 15) is 0 Å². The summed E-state index contributed by atoms with van der Waals surface area (Å²) >= 11 is 0. The van der Waals surface area contributed by atoms with Gasteiger partial charge in [0.2, 0.25) is 0 Å². The Morgan fingerprint density at radius 2 is 2.19 bits per heavy atom. The molecule has 0 saturated heterocycles. The highest BCUT2D eigenvalue weighted by atomic mass is 16.5. The van der Waals surface area contributed by atoms with Crippen LogP contribution in [0.5, 0.6) is 5.75 Å². The lowest BCUT2D eigenvalue weighted by Gasteiger charge is -2.40. The van der Waals surface area contributed by atoms with Crippen LogP contribution in [0, 0.1) is 5.92 Å². The highest BCUT2D eigenvalue weighted by Gasteiger charge is 2.37. The van der Waals surface area contributed by atoms with E-state index >= 15 is 0 Å². The summed E-state index contributed by atoms with van der Waals surface area (Å²) in [7, 11) is 1.75. The molecule has 1 aliphatic rings. The largest absolute Gasteiger partial charge is 0.496 e. The van der Waals surface area contributed by atoms with E-state index in [0.29, 0.717) is 5.92 Å². The van der Waals surface area contributed by atoms with Crippen LogP contribution >= 0.6 is 0 Å². The number of rotatable bonds is 2. The second kappa shape index (κ2) is 4.10. The summed E-state index contributed by atoms with van der Waals surface area (Å²) in [5, 5.41) is 0. The molecule has 0 aromatic heterocycles. The normalized spacial score (nSPS) is 22.6. The molecule has 0 radical (unpaired) electrons. The number of ether oxygens (including phenoxy) is 1. The number of benzene rings is 1. The second-order valence-corrected chi connectivity index (χ2v) is 5.19. The van der Waals surface area contributed by atoms with Crippen molar-refractivity contribution in [1.29, 1.82) is 0 Å². The Bertz CT molecular complexity index is 370. The zero-order valence-corrected chi connectivity index (χ0v) is 10.4. The Hall–Kier alpha value is -1.02. The molecule has 1 atom stereocenters. The maximum Gasteiger partial charge on any atom is 0.122 e. The molecule has 1 aliphatic carbocycles. The highest BCUT2D eigenvalue weighted by molar-refractivity contribution is 5.47. The third-order valence-electron chi connectivity index (χ3n) is 4.04. The standard InChI is InChI=1S/C14H21NO/c1-14(2)11(9-15)8-7-10-5-4-6-12(16-3)13(10)14/h4-6,11H,7-9,15H2,1-3H3. The summed E-state index contributed by atoms with van der Waals surface area (Å²) in [6, 6.07) is 6.35. The first kappa shape index (κ1) is 11.5. The van der Waals surface area contributed by atoms with E-state index in [4.69, 9.17) is 10.5 Å². The Kier molecular flexibility index (Phi) is 2.94. The monoisotopic (exact) mass is 219 g/mol. The van der Waals surface area contributed by atoms with Gasteiger partial charge < -0.3 is 10.5 Å². The van der Waals surface area contributed by atoms with Gasteiger partial charge in [-0.1, -0.05) is 26.0 Å². The number of fused-ring (bicyclic) bond motifs is 1. The van der Waals surface area contributed by atoms with Gasteiger partial charge in [-0.05, 0) is 42.3 Å². The van der Waals surface area contributed by atoms with Crippen LogP contribution in [0.4, 0.5) is 0 Å². The molecule has 2 N–H and O–H groups in total. The summed E-state index contributed by atoms with van der Waals surface area (Å²) in [6.07, 6.45) is 2.31. The SMILES string of the molecule is COc1cccc2c1C(C)(C)C(CN)CC2. The van der Waals surface area contributed by atoms with E-state index in [-0.39, 0.29) is 5.41 Å². The fraction of sp³-hybridized carbons (Fsp3) is 0.571. The summed E-state index contributed by atoms with van der Waals surface area (Å²) < 4.78 is 5.50. The van der Waals surface area contributed by atoms with Crippen molar-refractivity contribution in [2.24, 2.45) is 11.7 Å². The first-order valence-electron chi connectivity index (χ1n) is 5.97. The quantitative estimate of drug-likeness (QED) is 0.829. The smallest absolute Gasteiger partial charge is 0.122 e. The zero-order valence-electron chi connectivity index (χ0n) is 10.4. The maximum atomic E-state index is 5.89. The molecular formula is C14H21NO. The topological polar surface area (TPSA) is 35.2 Å². The molecule has 2 rings (SSSR count). The Morgan fingerprint density at radius 1 is 1.44 bits per heavy atom. The lowest BCUT2D eigenvalue weighted by Crippen LogP contribution is -2.38. The number of aryl methyl sites for hydroxylation is 1. The van der Waals surface area contributed by atoms with Crippen molar-refractivity contribution in [3.63, 3.8) is 0 Å². The minimum absolute atomic E-state index is 0.120. The molecule has 1 aromatic rings. The number of nitrogens with two attached hydrogens (primary N) is 1. The van der Waals surface area contributed by atoms with E-state index in [1.165, 1.54) is 17.5 Å². The van der Waals surface area contributed by atoms with Gasteiger partial charge in [-0.15, -0.1) is 0 Å². The number of hydrogen-bond acceptors (Lipinski definition) is 2. The van der Waals surface area contributed by atoms with Crippen LogP contribution in [0.1, 0.15) is 31.4 Å². The van der Waals surface area contributed by atoms with Gasteiger partial charge in [-0.25, -0.2) is 0 Å². The van der Waals surface area contributed by atoms with Crippen molar-refractivity contribution in [2.45, 2.75) is 32.1 Å². The van der Waals surface area contributed by atoms with E-state index < -0.39 is 0 Å². The van der Waals surface area contributed by atoms with Crippen molar-refractivity contribution in [2.75, 3.05) is 13.7 Å². The molecule has 0 spiro atoms. The lowest BCUT2D eigenvalue weighted by molar-refractivity contribution is 0.273. The van der Waals surface area contributed by atoms with Gasteiger partial charge >= 0.3 is 0 Å². The number of hydrogen-bond donors (Lipinski definition) is 1. The first-order chi connectivity index (χ1) is 7.61. The molecule has 0 amide bonds. The lowest BCUT2D eigenvalue weighted by atomic mass is 9.65. The van der Waals surface area contributed by atoms with E-state index in [1.807, 2.05) is 0 Å². The van der Waals surface area contributed by atoms with Crippen LogP contribution in [0.15, 0.2) is 18.2 Å². The average Bonchev–Trinajstić information content (AvgIpc) is 2.28. The van der Waals surface area contributed by atoms with Crippen LogP contribution < -0.4 is 10.5 Å². The van der Waals surface area contributed by atoms with E-state index in [2.05, 4.69) is 32.0 Å². The van der Waals surface area contributed by atoms with Gasteiger partial charge in [0.1, 0.15) is 5.75 Å². The van der Waals surface area contributed by atoms with Crippen LogP contribution in [-0.2, 0) is 11.8 Å². The molecule has 0 aliphatic heterocycles. The number of methoxy groups -OCH3 is 1. The van der Waals surface area contributed by atoms with E-state index in [0.717, 1.165) is 18.7 Å². The van der Waals surface area contributed by atoms with Crippen LogP contribution in [0.25, 0.3) is 0 Å². The van der Waals surface area contributed by atoms with Crippen molar-refractivity contribution in [1.82, 2.24) is 0 Å². The van der Waals surface area contributed by atoms with Gasteiger partial charge in [0.15, 0.2) is 0 Å². The summed E-state index contributed by atoms with van der Waals surface area (Å²) in [4.78, 5) is 0. The zero-order chi connectivity index (χ0) is 11.8. The van der Waals surface area contributed by atoms with E-state index in [1.54, 1.807) is 7.11 Å². The van der Waals surface area contributed by atoms with Gasteiger partial charge in [0.25, 0.3) is 0 Å². The third kappa shape index (κ3) is 1.61. The molecule has 16 heavy (non-hydrogen) atoms. The molecule has 1 unspecified atom stereocenters. The van der Waals surface area contributed by atoms with Gasteiger partial charge in [-0.3, -0.25) is 0 Å². The Balaban J connectivity index is 2.55. The molecule has 88 valence electrons. The first-order valence-corrected chi connectivity index (χ1v) is 5.97. The highest BCUT2D eigenvalue weighted by Crippen LogP contribution is 2.45. The maximum absolute atomic E-state index is 5.89. The minimum atomic E-state index is 0.120. The predicted molar refractivity (Wildman–Crippen MR) is 66.9 cm³/mol. The predicted octanol–water partition coefficient (Wildman–Crippen LogP) is 2.49. The molecule has 1 aromatic carbocycles. The van der Waals surface area contributed by atoms with Crippen molar-refractivity contribution < 1.29 is 4.74 Å². The van der Waals surface area contributed by atoms with Gasteiger partial charge in [0.05, 0.1) is 7.11 Å². The summed E-state index contributed by atoms with van der Waals surface area (Å²) in [6.45, 7) is 5.32. The molecule has 0 heterocycles. The molecule has 2 nitrogen and oxygen atoms in total. The van der Waals surface area contributed by atoms with Crippen molar-refractivity contribution in [3.8, 4) is 5.75 Å². The molecule has 2 heteroatoms. The average molecular weight is 219 g/mol. The third-order valence-corrected chi connectivity index (χ3v) is 4.04. The summed E-state index contributed by atoms with van der Waals surface area (Å²) in [5.74, 6) is 1.57. The van der Waals surface area contributed by atoms with Crippen LogP contribution in [0.2, 0.25) is 0 Å². The van der Waals surface area contributed by atoms with Gasteiger partial charge in [-0.2, -0.15) is 0 Å². The van der Waals surface area contributed by atoms with Crippen LogP contribution in [-0.4, -0.2) is 13.7 Å². The summed E-state index contributed by atoms with van der Waals surface area (Å²) in [5.41, 5.74) is 8.79. The minimum Gasteiger partial charge on any atom is -0.496 e. The van der Waals surface area contributed by atoms with Gasteiger partial charge in [0, 0.05) is 5.56 Å². The fourth-order valence-electron chi connectivity index (χ4n) is 2.99. The fourth-order valence-corrected chi connectivity index (χ4v) is 2.99. The molecule has 0 bridgehead atoms. The molecule has 0 saturated carbocycles.